The summed E-state index contributed by atoms with van der Waals surface area (Å²) in [5, 5.41) is 7.65. The van der Waals surface area contributed by atoms with E-state index in [2.05, 4.69) is 51.6 Å². The molecule has 2 heterocycles. The zero-order chi connectivity index (χ0) is 14.1. The highest BCUT2D eigenvalue weighted by atomic mass is 15.4. The molecule has 3 rings (SSSR count). The predicted octanol–water partition coefficient (Wildman–Crippen LogP) is 2.66. The predicted molar refractivity (Wildman–Crippen MR) is 78.8 cm³/mol. The number of hydrogen-bond donors (Lipinski definition) is 1. The molecule has 0 unspecified atom stereocenters. The van der Waals surface area contributed by atoms with E-state index in [9.17, 15) is 0 Å². The Balaban J connectivity index is 1.81. The normalized spacial score (nSPS) is 10.9. The molecular formula is C15H17N5. The second-order valence-electron chi connectivity index (χ2n) is 5.03. The van der Waals surface area contributed by atoms with Gasteiger partial charge in [-0.15, -0.1) is 5.10 Å². The molecule has 1 aromatic carbocycles. The van der Waals surface area contributed by atoms with Gasteiger partial charge in [0.25, 0.3) is 5.78 Å². The molecule has 20 heavy (non-hydrogen) atoms. The molecule has 5 heteroatoms. The molecule has 0 amide bonds. The average molecular weight is 267 g/mol. The molecule has 0 aliphatic heterocycles. The Morgan fingerprint density at radius 2 is 1.80 bits per heavy atom. The smallest absolute Gasteiger partial charge is 0.254 e. The molecule has 0 saturated heterocycles. The largest absolute Gasteiger partial charge is 0.349 e. The maximum absolute atomic E-state index is 4.42. The summed E-state index contributed by atoms with van der Waals surface area (Å²) in [5.74, 6) is 1.24. The van der Waals surface area contributed by atoms with E-state index in [0.717, 1.165) is 11.4 Å². The number of aryl methyl sites for hydroxylation is 3. The number of nitrogens with one attached hydrogen (secondary N) is 1. The van der Waals surface area contributed by atoms with Gasteiger partial charge in [0.15, 0.2) is 0 Å². The highest BCUT2D eigenvalue weighted by Gasteiger charge is 2.07. The van der Waals surface area contributed by atoms with Crippen LogP contribution in [0.3, 0.4) is 0 Å². The summed E-state index contributed by atoms with van der Waals surface area (Å²) in [6.07, 6.45) is 0. The molecule has 0 bridgehead atoms. The van der Waals surface area contributed by atoms with Crippen LogP contribution in [0.2, 0.25) is 0 Å². The average Bonchev–Trinajstić information content (AvgIpc) is 2.81. The van der Waals surface area contributed by atoms with Gasteiger partial charge in [0.05, 0.1) is 0 Å². The van der Waals surface area contributed by atoms with E-state index in [1.807, 2.05) is 19.9 Å². The fourth-order valence-electron chi connectivity index (χ4n) is 2.13. The lowest BCUT2D eigenvalue weighted by atomic mass is 10.1. The Hall–Kier alpha value is -2.43. The maximum atomic E-state index is 4.42. The summed E-state index contributed by atoms with van der Waals surface area (Å²) in [7, 11) is 0. The SMILES string of the molecule is Cc1ccc(CNc2nc3nc(C)cc(C)n3n2)cc1. The van der Waals surface area contributed by atoms with E-state index < -0.39 is 0 Å². The van der Waals surface area contributed by atoms with Crippen molar-refractivity contribution in [3.63, 3.8) is 0 Å². The Bertz CT molecular complexity index is 743. The van der Waals surface area contributed by atoms with Crippen molar-refractivity contribution in [3.05, 3.63) is 52.8 Å². The molecule has 0 saturated carbocycles. The molecule has 5 nitrogen and oxygen atoms in total. The van der Waals surface area contributed by atoms with Gasteiger partial charge < -0.3 is 5.32 Å². The zero-order valence-electron chi connectivity index (χ0n) is 11.9. The lowest BCUT2D eigenvalue weighted by Crippen LogP contribution is -2.01. The Morgan fingerprint density at radius 1 is 1.05 bits per heavy atom. The van der Waals surface area contributed by atoms with Crippen LogP contribution in [0.4, 0.5) is 5.95 Å². The van der Waals surface area contributed by atoms with Gasteiger partial charge in [0.1, 0.15) is 0 Å². The van der Waals surface area contributed by atoms with Crippen molar-refractivity contribution in [1.29, 1.82) is 0 Å². The molecule has 0 atom stereocenters. The van der Waals surface area contributed by atoms with Crippen LogP contribution in [0.15, 0.2) is 30.3 Å². The Kier molecular flexibility index (Phi) is 3.10. The summed E-state index contributed by atoms with van der Waals surface area (Å²) >= 11 is 0. The summed E-state index contributed by atoms with van der Waals surface area (Å²) in [6.45, 7) is 6.74. The Morgan fingerprint density at radius 3 is 2.55 bits per heavy atom. The van der Waals surface area contributed by atoms with Crippen molar-refractivity contribution >= 4 is 11.7 Å². The van der Waals surface area contributed by atoms with E-state index in [1.165, 1.54) is 11.1 Å². The molecule has 0 aliphatic rings. The second-order valence-corrected chi connectivity index (χ2v) is 5.03. The van der Waals surface area contributed by atoms with Crippen molar-refractivity contribution in [3.8, 4) is 0 Å². The minimum Gasteiger partial charge on any atom is -0.349 e. The number of anilines is 1. The topological polar surface area (TPSA) is 55.1 Å². The minimum atomic E-state index is 0.603. The zero-order valence-corrected chi connectivity index (χ0v) is 11.9. The van der Waals surface area contributed by atoms with Crippen molar-refractivity contribution in [2.75, 3.05) is 5.32 Å². The number of benzene rings is 1. The molecule has 102 valence electrons. The van der Waals surface area contributed by atoms with Crippen LogP contribution in [-0.2, 0) is 6.54 Å². The number of fused-ring (bicyclic) bond motifs is 1. The molecular weight excluding hydrogens is 250 g/mol. The van der Waals surface area contributed by atoms with Gasteiger partial charge in [-0.05, 0) is 32.4 Å². The van der Waals surface area contributed by atoms with Crippen LogP contribution in [0.1, 0.15) is 22.5 Å². The van der Waals surface area contributed by atoms with E-state index in [4.69, 9.17) is 0 Å². The standard InChI is InChI=1S/C15H17N5/c1-10-4-6-13(7-5-10)9-16-14-18-15-17-11(2)8-12(3)20(15)19-14/h4-8H,9H2,1-3H3,(H,16,19). The van der Waals surface area contributed by atoms with Crippen LogP contribution >= 0.6 is 0 Å². The van der Waals surface area contributed by atoms with Gasteiger partial charge in [0, 0.05) is 17.9 Å². The fourth-order valence-corrected chi connectivity index (χ4v) is 2.13. The van der Waals surface area contributed by atoms with Gasteiger partial charge in [-0.3, -0.25) is 0 Å². The molecule has 3 aromatic rings. The van der Waals surface area contributed by atoms with Gasteiger partial charge >= 0.3 is 0 Å². The first-order valence-corrected chi connectivity index (χ1v) is 6.62. The van der Waals surface area contributed by atoms with Crippen LogP contribution in [0.25, 0.3) is 5.78 Å². The quantitative estimate of drug-likeness (QED) is 0.792. The monoisotopic (exact) mass is 267 g/mol. The first-order valence-electron chi connectivity index (χ1n) is 6.62. The number of nitrogens with zero attached hydrogens (tertiary/aromatic N) is 4. The first-order chi connectivity index (χ1) is 9.61. The third-order valence-corrected chi connectivity index (χ3v) is 3.19. The van der Waals surface area contributed by atoms with Crippen molar-refractivity contribution in [1.82, 2.24) is 19.6 Å². The molecule has 0 fully saturated rings. The van der Waals surface area contributed by atoms with Crippen molar-refractivity contribution in [2.24, 2.45) is 0 Å². The van der Waals surface area contributed by atoms with Crippen molar-refractivity contribution in [2.45, 2.75) is 27.3 Å². The van der Waals surface area contributed by atoms with E-state index in [-0.39, 0.29) is 0 Å². The van der Waals surface area contributed by atoms with E-state index in [1.54, 1.807) is 4.52 Å². The molecule has 0 radical (unpaired) electrons. The minimum absolute atomic E-state index is 0.603. The lowest BCUT2D eigenvalue weighted by molar-refractivity contribution is 0.882. The summed E-state index contributed by atoms with van der Waals surface area (Å²) in [4.78, 5) is 8.77. The molecule has 1 N–H and O–H groups in total. The molecule has 2 aromatic heterocycles. The van der Waals surface area contributed by atoms with Gasteiger partial charge in [-0.2, -0.15) is 9.50 Å². The highest BCUT2D eigenvalue weighted by molar-refractivity contribution is 5.39. The van der Waals surface area contributed by atoms with Gasteiger partial charge in [-0.1, -0.05) is 29.8 Å². The van der Waals surface area contributed by atoms with Crippen LogP contribution in [0.5, 0.6) is 0 Å². The summed E-state index contributed by atoms with van der Waals surface area (Å²) < 4.78 is 1.75. The van der Waals surface area contributed by atoms with E-state index >= 15 is 0 Å². The third kappa shape index (κ3) is 2.47. The van der Waals surface area contributed by atoms with E-state index in [0.29, 0.717) is 18.3 Å². The third-order valence-electron chi connectivity index (χ3n) is 3.19. The van der Waals surface area contributed by atoms with Crippen LogP contribution in [-0.4, -0.2) is 19.6 Å². The van der Waals surface area contributed by atoms with Gasteiger partial charge in [0.2, 0.25) is 5.95 Å². The number of rotatable bonds is 3. The maximum Gasteiger partial charge on any atom is 0.254 e. The number of aromatic nitrogens is 4. The first kappa shape index (κ1) is 12.6. The highest BCUT2D eigenvalue weighted by Crippen LogP contribution is 2.10. The molecule has 0 spiro atoms. The lowest BCUT2D eigenvalue weighted by Gasteiger charge is -2.02. The molecule has 0 aliphatic carbocycles. The van der Waals surface area contributed by atoms with Crippen molar-refractivity contribution < 1.29 is 0 Å². The Labute approximate surface area is 117 Å². The fraction of sp³-hybridized carbons (Fsp3) is 0.267. The summed E-state index contributed by atoms with van der Waals surface area (Å²) in [5.41, 5.74) is 4.45. The second kappa shape index (κ2) is 4.92. The van der Waals surface area contributed by atoms with Crippen LogP contribution in [0, 0.1) is 20.8 Å². The van der Waals surface area contributed by atoms with Crippen LogP contribution < -0.4 is 5.32 Å². The number of hydrogen-bond acceptors (Lipinski definition) is 4. The summed E-state index contributed by atoms with van der Waals surface area (Å²) in [6, 6.07) is 10.4. The van der Waals surface area contributed by atoms with Gasteiger partial charge in [-0.25, -0.2) is 4.98 Å².